The first-order valence-corrected chi connectivity index (χ1v) is 8.78. The molecule has 6 heteroatoms. The second-order valence-corrected chi connectivity index (χ2v) is 7.98. The number of aryl methyl sites for hydroxylation is 2. The number of H-pyrrole nitrogens is 1. The van der Waals surface area contributed by atoms with E-state index in [0.29, 0.717) is 12.1 Å². The number of amides is 1. The molecule has 2 aromatic rings. The van der Waals surface area contributed by atoms with Gasteiger partial charge in [-0.25, -0.2) is 8.42 Å². The van der Waals surface area contributed by atoms with E-state index in [0.717, 1.165) is 22.0 Å². The quantitative estimate of drug-likeness (QED) is 0.886. The molecular weight excluding hydrogens is 288 g/mol. The van der Waals surface area contributed by atoms with E-state index in [4.69, 9.17) is 0 Å². The minimum absolute atomic E-state index is 0.0388. The van der Waals surface area contributed by atoms with Crippen LogP contribution in [-0.4, -0.2) is 36.9 Å². The molecule has 112 valence electrons. The first kappa shape index (κ1) is 14.1. The number of nitrogens with one attached hydrogen (secondary N) is 2. The molecule has 5 nitrogen and oxygen atoms in total. The van der Waals surface area contributed by atoms with E-state index >= 15 is 0 Å². The molecule has 1 unspecified atom stereocenters. The number of hydrogen-bond donors (Lipinski definition) is 2. The van der Waals surface area contributed by atoms with Gasteiger partial charge in [0.25, 0.3) is 5.91 Å². The number of carbonyl (C=O) groups excluding carboxylic acids is 1. The molecule has 0 bridgehead atoms. The maximum Gasteiger partial charge on any atom is 0.268 e. The normalized spacial score (nSPS) is 20.8. The average molecular weight is 306 g/mol. The highest BCUT2D eigenvalue weighted by Gasteiger charge is 2.29. The smallest absolute Gasteiger partial charge is 0.268 e. The van der Waals surface area contributed by atoms with E-state index in [9.17, 15) is 13.2 Å². The highest BCUT2D eigenvalue weighted by atomic mass is 32.2. The molecule has 0 radical (unpaired) electrons. The van der Waals surface area contributed by atoms with Gasteiger partial charge in [0.2, 0.25) is 0 Å². The maximum atomic E-state index is 12.3. The highest BCUT2D eigenvalue weighted by Crippen LogP contribution is 2.23. The lowest BCUT2D eigenvalue weighted by Crippen LogP contribution is -2.36. The topological polar surface area (TPSA) is 79.0 Å². The summed E-state index contributed by atoms with van der Waals surface area (Å²) in [5.74, 6) is -0.0385. The van der Waals surface area contributed by atoms with Crippen LogP contribution in [0.4, 0.5) is 0 Å². The third-order valence-corrected chi connectivity index (χ3v) is 5.78. The Morgan fingerprint density at radius 2 is 2.10 bits per heavy atom. The van der Waals surface area contributed by atoms with Crippen molar-refractivity contribution in [3.8, 4) is 0 Å². The largest absolute Gasteiger partial charge is 0.350 e. The third-order valence-electron chi connectivity index (χ3n) is 4.01. The van der Waals surface area contributed by atoms with Crippen molar-refractivity contribution in [2.75, 3.05) is 11.5 Å². The van der Waals surface area contributed by atoms with Crippen LogP contribution in [-0.2, 0) is 9.84 Å². The maximum absolute atomic E-state index is 12.3. The van der Waals surface area contributed by atoms with Crippen molar-refractivity contribution in [3.05, 3.63) is 35.0 Å². The lowest BCUT2D eigenvalue weighted by Gasteiger charge is -2.10. The van der Waals surface area contributed by atoms with Crippen LogP contribution in [0.3, 0.4) is 0 Å². The lowest BCUT2D eigenvalue weighted by atomic mass is 10.1. The standard InChI is InChI=1S/C15H18N2O3S/c1-9-3-4-13-12(7-9)10(2)14(17-13)15(18)16-11-5-6-21(19,20)8-11/h3-4,7,11,17H,5-6,8H2,1-2H3,(H,16,18). The average Bonchev–Trinajstić information content (AvgIpc) is 2.90. The van der Waals surface area contributed by atoms with Crippen LogP contribution in [0.1, 0.15) is 28.0 Å². The molecule has 0 aliphatic carbocycles. The Hall–Kier alpha value is -1.82. The van der Waals surface area contributed by atoms with E-state index in [1.54, 1.807) is 0 Å². The van der Waals surface area contributed by atoms with Crippen LogP contribution in [0.2, 0.25) is 0 Å². The van der Waals surface area contributed by atoms with Crippen LogP contribution in [0.5, 0.6) is 0 Å². The van der Waals surface area contributed by atoms with Gasteiger partial charge in [-0.05, 0) is 38.0 Å². The molecule has 1 aromatic heterocycles. The molecule has 1 atom stereocenters. The second-order valence-electron chi connectivity index (χ2n) is 5.75. The van der Waals surface area contributed by atoms with Gasteiger partial charge < -0.3 is 10.3 Å². The highest BCUT2D eigenvalue weighted by molar-refractivity contribution is 7.91. The Morgan fingerprint density at radius 1 is 1.33 bits per heavy atom. The zero-order valence-electron chi connectivity index (χ0n) is 12.1. The third kappa shape index (κ3) is 2.68. The number of carbonyl (C=O) groups is 1. The molecule has 0 spiro atoms. The van der Waals surface area contributed by atoms with E-state index < -0.39 is 9.84 Å². The van der Waals surface area contributed by atoms with E-state index in [1.165, 1.54) is 0 Å². The minimum Gasteiger partial charge on any atom is -0.350 e. The molecule has 0 saturated carbocycles. The van der Waals surface area contributed by atoms with Crippen molar-refractivity contribution < 1.29 is 13.2 Å². The van der Waals surface area contributed by atoms with Crippen molar-refractivity contribution in [2.45, 2.75) is 26.3 Å². The molecule has 1 aromatic carbocycles. The van der Waals surface area contributed by atoms with Crippen LogP contribution in [0, 0.1) is 13.8 Å². The van der Waals surface area contributed by atoms with Gasteiger partial charge in [-0.1, -0.05) is 11.6 Å². The van der Waals surface area contributed by atoms with Crippen molar-refractivity contribution in [1.29, 1.82) is 0 Å². The zero-order chi connectivity index (χ0) is 15.2. The summed E-state index contributed by atoms with van der Waals surface area (Å²) < 4.78 is 22.9. The van der Waals surface area contributed by atoms with Crippen LogP contribution < -0.4 is 5.32 Å². The summed E-state index contributed by atoms with van der Waals surface area (Å²) in [7, 11) is -2.99. The van der Waals surface area contributed by atoms with Crippen molar-refractivity contribution in [2.24, 2.45) is 0 Å². The van der Waals surface area contributed by atoms with E-state index in [-0.39, 0.29) is 23.5 Å². The summed E-state index contributed by atoms with van der Waals surface area (Å²) in [6.45, 7) is 3.91. The fraction of sp³-hybridized carbons (Fsp3) is 0.400. The van der Waals surface area contributed by atoms with E-state index in [1.807, 2.05) is 32.0 Å². The van der Waals surface area contributed by atoms with Crippen LogP contribution in [0.25, 0.3) is 10.9 Å². The van der Waals surface area contributed by atoms with Gasteiger partial charge in [-0.15, -0.1) is 0 Å². The Morgan fingerprint density at radius 3 is 2.76 bits per heavy atom. The number of aromatic nitrogens is 1. The molecule has 1 fully saturated rings. The summed E-state index contributed by atoms with van der Waals surface area (Å²) in [4.78, 5) is 15.5. The lowest BCUT2D eigenvalue weighted by molar-refractivity contribution is 0.0936. The fourth-order valence-corrected chi connectivity index (χ4v) is 4.51. The predicted molar refractivity (Wildman–Crippen MR) is 82.3 cm³/mol. The van der Waals surface area contributed by atoms with Gasteiger partial charge in [0, 0.05) is 16.9 Å². The van der Waals surface area contributed by atoms with Gasteiger partial charge >= 0.3 is 0 Å². The number of benzene rings is 1. The Labute approximate surface area is 123 Å². The Balaban J connectivity index is 1.87. The van der Waals surface area contributed by atoms with Crippen molar-refractivity contribution in [1.82, 2.24) is 10.3 Å². The Kier molecular flexibility index (Phi) is 3.28. The van der Waals surface area contributed by atoms with Gasteiger partial charge in [0.1, 0.15) is 5.69 Å². The monoisotopic (exact) mass is 306 g/mol. The molecule has 2 N–H and O–H groups in total. The first-order valence-electron chi connectivity index (χ1n) is 6.96. The van der Waals surface area contributed by atoms with Crippen molar-refractivity contribution in [3.63, 3.8) is 0 Å². The molecule has 1 aliphatic heterocycles. The number of hydrogen-bond acceptors (Lipinski definition) is 3. The molecule has 2 heterocycles. The molecule has 1 aliphatic rings. The summed E-state index contributed by atoms with van der Waals surface area (Å²) >= 11 is 0. The van der Waals surface area contributed by atoms with Crippen LogP contribution in [0.15, 0.2) is 18.2 Å². The van der Waals surface area contributed by atoms with Gasteiger partial charge in [0.05, 0.1) is 11.5 Å². The number of aromatic amines is 1. The SMILES string of the molecule is Cc1ccc2[nH]c(C(=O)NC3CCS(=O)(=O)C3)c(C)c2c1. The number of fused-ring (bicyclic) bond motifs is 1. The molecule has 3 rings (SSSR count). The minimum atomic E-state index is -2.99. The first-order chi connectivity index (χ1) is 9.85. The molecular formula is C15H18N2O3S. The van der Waals surface area contributed by atoms with Gasteiger partial charge in [-0.3, -0.25) is 4.79 Å². The Bertz CT molecular complexity index is 821. The van der Waals surface area contributed by atoms with Gasteiger partial charge in [-0.2, -0.15) is 0 Å². The predicted octanol–water partition coefficient (Wildman–Crippen LogP) is 1.70. The van der Waals surface area contributed by atoms with E-state index in [2.05, 4.69) is 10.3 Å². The van der Waals surface area contributed by atoms with Crippen LogP contribution >= 0.6 is 0 Å². The fourth-order valence-electron chi connectivity index (χ4n) is 2.83. The molecule has 1 saturated heterocycles. The number of rotatable bonds is 2. The number of sulfone groups is 1. The summed E-state index contributed by atoms with van der Waals surface area (Å²) in [5.41, 5.74) is 3.47. The summed E-state index contributed by atoms with van der Waals surface area (Å²) in [5, 5.41) is 3.84. The summed E-state index contributed by atoms with van der Waals surface area (Å²) in [6, 6.07) is 5.70. The molecule has 1 amide bonds. The summed E-state index contributed by atoms with van der Waals surface area (Å²) in [6.07, 6.45) is 0.493. The van der Waals surface area contributed by atoms with Gasteiger partial charge in [0.15, 0.2) is 9.84 Å². The van der Waals surface area contributed by atoms with Crippen molar-refractivity contribution >= 4 is 26.6 Å². The second kappa shape index (κ2) is 4.87. The molecule has 21 heavy (non-hydrogen) atoms. The zero-order valence-corrected chi connectivity index (χ0v) is 12.9.